The van der Waals surface area contributed by atoms with Crippen molar-refractivity contribution in [1.29, 1.82) is 0 Å². The molecular formula is C46H58O5. The van der Waals surface area contributed by atoms with Gasteiger partial charge in [-0.15, -0.1) is 0 Å². The van der Waals surface area contributed by atoms with Crippen LogP contribution in [0.1, 0.15) is 138 Å². The van der Waals surface area contributed by atoms with Crippen LogP contribution in [0.3, 0.4) is 0 Å². The number of rotatable bonds is 23. The van der Waals surface area contributed by atoms with Crippen LogP contribution in [-0.4, -0.2) is 24.6 Å². The Labute approximate surface area is 306 Å². The third-order valence-electron chi connectivity index (χ3n) is 9.34. The molecule has 4 aromatic rings. The summed E-state index contributed by atoms with van der Waals surface area (Å²) in [7, 11) is 0. The van der Waals surface area contributed by atoms with Gasteiger partial charge in [0.2, 0.25) is 0 Å². The minimum absolute atomic E-state index is 0.134. The van der Waals surface area contributed by atoms with Gasteiger partial charge in [0.15, 0.2) is 0 Å². The topological polar surface area (TPSA) is 61.8 Å². The van der Waals surface area contributed by atoms with Crippen LogP contribution in [0.4, 0.5) is 0 Å². The summed E-state index contributed by atoms with van der Waals surface area (Å²) in [5, 5.41) is 0. The van der Waals surface area contributed by atoms with E-state index >= 15 is 0 Å². The molecule has 0 aliphatic heterocycles. The van der Waals surface area contributed by atoms with E-state index in [-0.39, 0.29) is 12.1 Å². The second-order valence-corrected chi connectivity index (χ2v) is 13.7. The van der Waals surface area contributed by atoms with Crippen molar-refractivity contribution in [3.8, 4) is 33.8 Å². The molecule has 0 radical (unpaired) electrons. The summed E-state index contributed by atoms with van der Waals surface area (Å²) in [6, 6.07) is 30.6. The summed E-state index contributed by atoms with van der Waals surface area (Å²) in [6.07, 6.45) is 18.5. The van der Waals surface area contributed by atoms with Crippen molar-refractivity contribution in [2.45, 2.75) is 123 Å². The summed E-state index contributed by atoms with van der Waals surface area (Å²) in [6.45, 7) is 7.14. The van der Waals surface area contributed by atoms with Gasteiger partial charge >= 0.3 is 11.9 Å². The zero-order chi connectivity index (χ0) is 36.1. The highest BCUT2D eigenvalue weighted by Gasteiger charge is 2.14. The predicted molar refractivity (Wildman–Crippen MR) is 210 cm³/mol. The van der Waals surface area contributed by atoms with Crippen LogP contribution < -0.4 is 9.47 Å². The quantitative estimate of drug-likeness (QED) is 0.0440. The zero-order valence-corrected chi connectivity index (χ0v) is 31.2. The van der Waals surface area contributed by atoms with E-state index in [1.165, 1.54) is 70.6 Å². The predicted octanol–water partition coefficient (Wildman–Crippen LogP) is 13.1. The number of carbonyl (C=O) groups is 2. The molecule has 0 N–H and O–H groups in total. The SMILES string of the molecule is CCCCCCCCCCCCOc1ccc(-c2ccc(-c3cccc(C(=O)Oc4ccc(C(=O)O[C@@H](C)CCCCCC)cc4)c3)cc2)cc1. The van der Waals surface area contributed by atoms with Gasteiger partial charge < -0.3 is 14.2 Å². The van der Waals surface area contributed by atoms with Crippen LogP contribution in [0.2, 0.25) is 0 Å². The molecule has 0 heterocycles. The molecule has 0 bridgehead atoms. The minimum atomic E-state index is -0.458. The van der Waals surface area contributed by atoms with Crippen molar-refractivity contribution >= 4 is 11.9 Å². The number of esters is 2. The number of unbranched alkanes of at least 4 members (excludes halogenated alkanes) is 12. The van der Waals surface area contributed by atoms with Gasteiger partial charge in [-0.05, 0) is 97.0 Å². The molecule has 0 saturated carbocycles. The molecule has 272 valence electrons. The Bertz CT molecular complexity index is 1570. The Morgan fingerprint density at radius 3 is 1.63 bits per heavy atom. The first-order valence-electron chi connectivity index (χ1n) is 19.4. The molecule has 4 rings (SSSR count). The highest BCUT2D eigenvalue weighted by Crippen LogP contribution is 2.27. The third-order valence-corrected chi connectivity index (χ3v) is 9.34. The van der Waals surface area contributed by atoms with Crippen molar-refractivity contribution < 1.29 is 23.8 Å². The fourth-order valence-corrected chi connectivity index (χ4v) is 6.20. The smallest absolute Gasteiger partial charge is 0.343 e. The van der Waals surface area contributed by atoms with Crippen molar-refractivity contribution in [3.63, 3.8) is 0 Å². The summed E-state index contributed by atoms with van der Waals surface area (Å²) < 4.78 is 17.2. The first-order chi connectivity index (χ1) is 25.0. The lowest BCUT2D eigenvalue weighted by Crippen LogP contribution is -2.15. The highest BCUT2D eigenvalue weighted by molar-refractivity contribution is 5.93. The van der Waals surface area contributed by atoms with Crippen LogP contribution >= 0.6 is 0 Å². The van der Waals surface area contributed by atoms with E-state index in [0.29, 0.717) is 16.9 Å². The van der Waals surface area contributed by atoms with Gasteiger partial charge in [-0.2, -0.15) is 0 Å². The summed E-state index contributed by atoms with van der Waals surface area (Å²) in [4.78, 5) is 25.6. The molecule has 0 spiro atoms. The third kappa shape index (κ3) is 14.0. The van der Waals surface area contributed by atoms with Crippen LogP contribution in [0, 0.1) is 0 Å². The largest absolute Gasteiger partial charge is 0.494 e. The number of benzene rings is 4. The Morgan fingerprint density at radius 1 is 0.510 bits per heavy atom. The zero-order valence-electron chi connectivity index (χ0n) is 31.2. The highest BCUT2D eigenvalue weighted by atomic mass is 16.5. The summed E-state index contributed by atoms with van der Waals surface area (Å²) >= 11 is 0. The van der Waals surface area contributed by atoms with Gasteiger partial charge in [-0.25, -0.2) is 9.59 Å². The average molecular weight is 691 g/mol. The van der Waals surface area contributed by atoms with E-state index in [9.17, 15) is 9.59 Å². The van der Waals surface area contributed by atoms with Gasteiger partial charge in [-0.1, -0.05) is 139 Å². The van der Waals surface area contributed by atoms with E-state index in [0.717, 1.165) is 60.3 Å². The second kappa shape index (κ2) is 22.4. The summed E-state index contributed by atoms with van der Waals surface area (Å²) in [5.74, 6) is 0.455. The Morgan fingerprint density at radius 2 is 1.02 bits per heavy atom. The van der Waals surface area contributed by atoms with Gasteiger partial charge in [0.1, 0.15) is 11.5 Å². The van der Waals surface area contributed by atoms with Gasteiger partial charge in [0, 0.05) is 0 Å². The lowest BCUT2D eigenvalue weighted by molar-refractivity contribution is 0.0319. The maximum Gasteiger partial charge on any atom is 0.343 e. The molecule has 0 aliphatic carbocycles. The Kier molecular flexibility index (Phi) is 17.3. The molecule has 0 saturated heterocycles. The molecule has 5 nitrogen and oxygen atoms in total. The lowest BCUT2D eigenvalue weighted by Gasteiger charge is -2.13. The van der Waals surface area contributed by atoms with E-state index in [1.807, 2.05) is 37.3 Å². The van der Waals surface area contributed by atoms with E-state index in [2.05, 4.69) is 50.2 Å². The number of carbonyl (C=O) groups excluding carboxylic acids is 2. The fourth-order valence-electron chi connectivity index (χ4n) is 6.20. The maximum atomic E-state index is 13.0. The number of hydrogen-bond donors (Lipinski definition) is 0. The molecule has 0 fully saturated rings. The normalized spacial score (nSPS) is 11.6. The van der Waals surface area contributed by atoms with Gasteiger partial charge in [-0.3, -0.25) is 0 Å². The molecule has 5 heteroatoms. The minimum Gasteiger partial charge on any atom is -0.494 e. The molecule has 1 atom stereocenters. The van der Waals surface area contributed by atoms with Crippen molar-refractivity contribution in [1.82, 2.24) is 0 Å². The number of ether oxygens (including phenoxy) is 3. The van der Waals surface area contributed by atoms with Gasteiger partial charge in [0.25, 0.3) is 0 Å². The Hall–Kier alpha value is -4.38. The first kappa shape index (κ1) is 39.4. The molecular weight excluding hydrogens is 633 g/mol. The van der Waals surface area contributed by atoms with Crippen LogP contribution in [0.25, 0.3) is 22.3 Å². The standard InChI is InChI=1S/C46H58O5/c1-4-6-8-10-11-12-13-14-15-17-34-49-43-30-26-38(27-31-43)37-22-24-39(25-23-37)41-20-18-21-42(35-41)46(48)51-44-32-28-40(29-33-44)45(47)50-36(3)19-16-9-7-5-2/h18,20-33,35-36H,4-17,19,34H2,1-3H3/t36-/m0/s1. The van der Waals surface area contributed by atoms with Crippen molar-refractivity contribution in [2.75, 3.05) is 6.61 Å². The number of hydrogen-bond acceptors (Lipinski definition) is 5. The van der Waals surface area contributed by atoms with E-state index in [1.54, 1.807) is 30.3 Å². The first-order valence-corrected chi connectivity index (χ1v) is 19.4. The molecule has 0 aliphatic rings. The fraction of sp³-hybridized carbons (Fsp3) is 0.435. The molecule has 0 unspecified atom stereocenters. The van der Waals surface area contributed by atoms with E-state index < -0.39 is 5.97 Å². The molecule has 0 amide bonds. The molecule has 51 heavy (non-hydrogen) atoms. The van der Waals surface area contributed by atoms with Crippen LogP contribution in [0.5, 0.6) is 11.5 Å². The average Bonchev–Trinajstić information content (AvgIpc) is 3.16. The van der Waals surface area contributed by atoms with Gasteiger partial charge in [0.05, 0.1) is 23.8 Å². The van der Waals surface area contributed by atoms with Crippen molar-refractivity contribution in [3.05, 3.63) is 108 Å². The second-order valence-electron chi connectivity index (χ2n) is 13.7. The maximum absolute atomic E-state index is 13.0. The van der Waals surface area contributed by atoms with E-state index in [4.69, 9.17) is 14.2 Å². The molecule has 0 aromatic heterocycles. The summed E-state index contributed by atoms with van der Waals surface area (Å²) in [5.41, 5.74) is 5.06. The monoisotopic (exact) mass is 690 g/mol. The molecule has 4 aromatic carbocycles. The van der Waals surface area contributed by atoms with Crippen LogP contribution in [0.15, 0.2) is 97.1 Å². The Balaban J connectivity index is 1.21. The van der Waals surface area contributed by atoms with Crippen molar-refractivity contribution in [2.24, 2.45) is 0 Å². The van der Waals surface area contributed by atoms with Crippen LogP contribution in [-0.2, 0) is 4.74 Å². The lowest BCUT2D eigenvalue weighted by atomic mass is 9.99.